The van der Waals surface area contributed by atoms with Gasteiger partial charge < -0.3 is 10.6 Å². The fourth-order valence-corrected chi connectivity index (χ4v) is 3.07. The monoisotopic (exact) mass is 292 g/mol. The van der Waals surface area contributed by atoms with Crippen LogP contribution in [0.15, 0.2) is 24.3 Å². The Morgan fingerprint density at radius 1 is 1.38 bits per heavy atom. The van der Waals surface area contributed by atoms with E-state index in [0.717, 1.165) is 37.9 Å². The average molecular weight is 292 g/mol. The summed E-state index contributed by atoms with van der Waals surface area (Å²) in [6.45, 7) is 3.95. The van der Waals surface area contributed by atoms with Crippen LogP contribution in [0.4, 0.5) is 4.39 Å². The van der Waals surface area contributed by atoms with Crippen LogP contribution >= 0.6 is 0 Å². The second-order valence-corrected chi connectivity index (χ2v) is 6.10. The van der Waals surface area contributed by atoms with Gasteiger partial charge >= 0.3 is 0 Å². The molecule has 1 aliphatic rings. The van der Waals surface area contributed by atoms with E-state index in [1.165, 1.54) is 25.0 Å². The Morgan fingerprint density at radius 3 is 2.76 bits per heavy atom. The first kappa shape index (κ1) is 16.0. The van der Waals surface area contributed by atoms with E-state index in [9.17, 15) is 9.18 Å². The van der Waals surface area contributed by atoms with Crippen LogP contribution in [0.2, 0.25) is 0 Å². The molecule has 0 bridgehead atoms. The zero-order chi connectivity index (χ0) is 15.2. The van der Waals surface area contributed by atoms with Crippen molar-refractivity contribution >= 4 is 5.91 Å². The van der Waals surface area contributed by atoms with E-state index < -0.39 is 0 Å². The Bertz CT molecular complexity index is 460. The van der Waals surface area contributed by atoms with Gasteiger partial charge in [-0.15, -0.1) is 0 Å². The Kier molecular flexibility index (Phi) is 5.74. The first-order chi connectivity index (χ1) is 10.1. The number of primary amides is 1. The molecule has 3 nitrogen and oxygen atoms in total. The van der Waals surface area contributed by atoms with Gasteiger partial charge in [-0.3, -0.25) is 4.79 Å². The molecule has 4 heteroatoms. The topological polar surface area (TPSA) is 46.3 Å². The lowest BCUT2D eigenvalue weighted by Gasteiger charge is -2.36. The van der Waals surface area contributed by atoms with Crippen molar-refractivity contribution in [2.75, 3.05) is 13.1 Å². The molecule has 1 aromatic carbocycles. The highest BCUT2D eigenvalue weighted by Gasteiger charge is 2.25. The number of benzene rings is 1. The molecule has 2 rings (SSSR count). The maximum Gasteiger partial charge on any atom is 0.220 e. The number of likely N-dealkylation sites (tertiary alicyclic amines) is 1. The van der Waals surface area contributed by atoms with E-state index >= 15 is 0 Å². The number of carbonyl (C=O) groups is 1. The lowest BCUT2D eigenvalue weighted by Crippen LogP contribution is -2.42. The minimum absolute atomic E-state index is 0.0681. The third kappa shape index (κ3) is 4.81. The van der Waals surface area contributed by atoms with Crippen molar-refractivity contribution in [3.63, 3.8) is 0 Å². The van der Waals surface area contributed by atoms with Crippen molar-refractivity contribution in [1.82, 2.24) is 4.90 Å². The van der Waals surface area contributed by atoms with Crippen molar-refractivity contribution in [3.05, 3.63) is 35.6 Å². The first-order valence-electron chi connectivity index (χ1n) is 7.84. The number of nitrogens with two attached hydrogens (primary N) is 1. The van der Waals surface area contributed by atoms with Crippen molar-refractivity contribution in [2.24, 2.45) is 11.7 Å². The van der Waals surface area contributed by atoms with Crippen molar-refractivity contribution < 1.29 is 9.18 Å². The van der Waals surface area contributed by atoms with Crippen molar-refractivity contribution in [1.29, 1.82) is 0 Å². The molecule has 1 aliphatic heterocycles. The Labute approximate surface area is 126 Å². The molecule has 1 saturated heterocycles. The molecule has 116 valence electrons. The molecule has 0 radical (unpaired) electrons. The normalized spacial score (nSPS) is 21.1. The summed E-state index contributed by atoms with van der Waals surface area (Å²) in [6.07, 6.45) is 5.34. The zero-order valence-corrected chi connectivity index (χ0v) is 12.7. The van der Waals surface area contributed by atoms with Gasteiger partial charge in [-0.1, -0.05) is 25.5 Å². The molecule has 0 saturated carbocycles. The van der Waals surface area contributed by atoms with Gasteiger partial charge in [-0.05, 0) is 49.9 Å². The fraction of sp³-hybridized carbons (Fsp3) is 0.588. The van der Waals surface area contributed by atoms with Gasteiger partial charge in [-0.2, -0.15) is 0 Å². The lowest BCUT2D eigenvalue weighted by molar-refractivity contribution is -0.122. The van der Waals surface area contributed by atoms with E-state index in [1.54, 1.807) is 0 Å². The predicted octanol–water partition coefficient (Wildman–Crippen LogP) is 2.73. The number of amides is 1. The van der Waals surface area contributed by atoms with E-state index in [1.807, 2.05) is 19.1 Å². The van der Waals surface area contributed by atoms with Gasteiger partial charge in [0.2, 0.25) is 5.91 Å². The standard InChI is InChI=1S/C17H25FN2O/c1-13(17(19)21)12-16-4-2-3-10-20(16)11-9-14-5-7-15(18)8-6-14/h5-8,13,16H,2-4,9-12H2,1H3,(H2,19,21). The fourth-order valence-electron chi connectivity index (χ4n) is 3.07. The van der Waals surface area contributed by atoms with Crippen LogP contribution < -0.4 is 5.73 Å². The average Bonchev–Trinajstić information content (AvgIpc) is 2.48. The number of hydrogen-bond acceptors (Lipinski definition) is 2. The number of hydrogen-bond donors (Lipinski definition) is 1. The molecule has 1 heterocycles. The van der Waals surface area contributed by atoms with E-state index in [4.69, 9.17) is 5.73 Å². The van der Waals surface area contributed by atoms with Crippen LogP contribution in [-0.4, -0.2) is 29.9 Å². The lowest BCUT2D eigenvalue weighted by atomic mass is 9.92. The quantitative estimate of drug-likeness (QED) is 0.876. The second-order valence-electron chi connectivity index (χ2n) is 6.10. The summed E-state index contributed by atoms with van der Waals surface area (Å²) in [6, 6.07) is 7.17. The Morgan fingerprint density at radius 2 is 2.10 bits per heavy atom. The SMILES string of the molecule is CC(CC1CCCCN1CCc1ccc(F)cc1)C(N)=O. The van der Waals surface area contributed by atoms with Gasteiger partial charge in [0.05, 0.1) is 0 Å². The minimum Gasteiger partial charge on any atom is -0.369 e. The largest absolute Gasteiger partial charge is 0.369 e. The molecule has 0 aromatic heterocycles. The Hall–Kier alpha value is -1.42. The van der Waals surface area contributed by atoms with Crippen LogP contribution in [0, 0.1) is 11.7 Å². The molecule has 2 unspecified atom stereocenters. The van der Waals surface area contributed by atoms with Crippen molar-refractivity contribution in [3.8, 4) is 0 Å². The van der Waals surface area contributed by atoms with Crippen molar-refractivity contribution in [2.45, 2.75) is 45.1 Å². The van der Waals surface area contributed by atoms with Gasteiger partial charge in [0.25, 0.3) is 0 Å². The summed E-state index contributed by atoms with van der Waals surface area (Å²) in [4.78, 5) is 13.7. The third-order valence-electron chi connectivity index (χ3n) is 4.46. The highest BCUT2D eigenvalue weighted by atomic mass is 19.1. The van der Waals surface area contributed by atoms with E-state index in [2.05, 4.69) is 4.90 Å². The number of rotatable bonds is 6. The molecular formula is C17H25FN2O. The van der Waals surface area contributed by atoms with Crippen LogP contribution in [0.3, 0.4) is 0 Å². The smallest absolute Gasteiger partial charge is 0.220 e. The highest BCUT2D eigenvalue weighted by molar-refractivity contribution is 5.76. The molecule has 2 N–H and O–H groups in total. The molecular weight excluding hydrogens is 267 g/mol. The van der Waals surface area contributed by atoms with E-state index in [0.29, 0.717) is 6.04 Å². The summed E-state index contributed by atoms with van der Waals surface area (Å²) < 4.78 is 12.9. The van der Waals surface area contributed by atoms with Gasteiger partial charge in [0, 0.05) is 18.5 Å². The molecule has 1 amide bonds. The predicted molar refractivity (Wildman–Crippen MR) is 82.3 cm³/mol. The zero-order valence-electron chi connectivity index (χ0n) is 12.7. The molecule has 0 aliphatic carbocycles. The maximum atomic E-state index is 12.9. The number of halogens is 1. The second kappa shape index (κ2) is 7.55. The Balaban J connectivity index is 1.89. The molecule has 0 spiro atoms. The minimum atomic E-state index is -0.209. The van der Waals surface area contributed by atoms with Crippen LogP contribution in [-0.2, 0) is 11.2 Å². The summed E-state index contributed by atoms with van der Waals surface area (Å²) in [7, 11) is 0. The van der Waals surface area contributed by atoms with E-state index in [-0.39, 0.29) is 17.6 Å². The summed E-state index contributed by atoms with van der Waals surface area (Å²) in [5.41, 5.74) is 6.54. The van der Waals surface area contributed by atoms with Gasteiger partial charge in [-0.25, -0.2) is 4.39 Å². The summed E-state index contributed by atoms with van der Waals surface area (Å²) in [5, 5.41) is 0. The molecule has 21 heavy (non-hydrogen) atoms. The molecule has 2 atom stereocenters. The van der Waals surface area contributed by atoms with Gasteiger partial charge in [0.1, 0.15) is 5.82 Å². The summed E-state index contributed by atoms with van der Waals surface area (Å²) in [5.74, 6) is -0.467. The first-order valence-corrected chi connectivity index (χ1v) is 7.84. The number of piperidine rings is 1. The maximum absolute atomic E-state index is 12.9. The van der Waals surface area contributed by atoms with Crippen LogP contribution in [0.1, 0.15) is 38.2 Å². The molecule has 1 fully saturated rings. The third-order valence-corrected chi connectivity index (χ3v) is 4.46. The summed E-state index contributed by atoms with van der Waals surface area (Å²) >= 11 is 0. The molecule has 1 aromatic rings. The van der Waals surface area contributed by atoms with Crippen LogP contribution in [0.5, 0.6) is 0 Å². The van der Waals surface area contributed by atoms with Gasteiger partial charge in [0.15, 0.2) is 0 Å². The highest BCUT2D eigenvalue weighted by Crippen LogP contribution is 2.23. The number of nitrogens with zero attached hydrogens (tertiary/aromatic N) is 1. The number of carbonyl (C=O) groups excluding carboxylic acids is 1. The van der Waals surface area contributed by atoms with Crippen LogP contribution in [0.25, 0.3) is 0 Å².